The van der Waals surface area contributed by atoms with E-state index in [1.807, 2.05) is 6.92 Å². The molecular formula is C11H15NO3S. The van der Waals surface area contributed by atoms with E-state index >= 15 is 0 Å². The van der Waals surface area contributed by atoms with Crippen LogP contribution in [0, 0.1) is 6.92 Å². The molecule has 1 aliphatic carbocycles. The molecule has 3 N–H and O–H groups in total. The molecule has 4 nitrogen and oxygen atoms in total. The number of hydrogen-bond acceptors (Lipinski definition) is 4. The Hall–Kier alpha value is -0.910. The van der Waals surface area contributed by atoms with Crippen LogP contribution < -0.4 is 5.73 Å². The Balaban J connectivity index is 2.31. The van der Waals surface area contributed by atoms with Crippen molar-refractivity contribution in [2.75, 3.05) is 6.61 Å². The first-order valence-electron chi connectivity index (χ1n) is 5.10. The maximum Gasteiger partial charge on any atom is 0.183 e. The van der Waals surface area contributed by atoms with Crippen LogP contribution in [0.4, 0.5) is 0 Å². The van der Waals surface area contributed by atoms with Crippen LogP contribution in [-0.2, 0) is 9.84 Å². The summed E-state index contributed by atoms with van der Waals surface area (Å²) in [6, 6.07) is 6.68. The zero-order valence-corrected chi connectivity index (χ0v) is 9.87. The monoisotopic (exact) mass is 241 g/mol. The lowest BCUT2D eigenvalue weighted by atomic mass is 10.2. The molecule has 2 atom stereocenters. The average Bonchev–Trinajstić information content (AvgIpc) is 2.93. The maximum absolute atomic E-state index is 12.1. The SMILES string of the molecule is Cc1ccc(S(=O)(=O)[C@@H]2C[C@@]2(N)CO)cc1. The van der Waals surface area contributed by atoms with Gasteiger partial charge in [0.15, 0.2) is 9.84 Å². The van der Waals surface area contributed by atoms with Gasteiger partial charge in [-0.1, -0.05) is 17.7 Å². The maximum atomic E-state index is 12.1. The molecule has 1 fully saturated rings. The fraction of sp³-hybridized carbons (Fsp3) is 0.455. The van der Waals surface area contributed by atoms with Crippen LogP contribution in [0.3, 0.4) is 0 Å². The van der Waals surface area contributed by atoms with Crippen LogP contribution in [0.2, 0.25) is 0 Å². The van der Waals surface area contributed by atoms with Crippen molar-refractivity contribution in [2.24, 2.45) is 5.73 Å². The van der Waals surface area contributed by atoms with E-state index < -0.39 is 20.6 Å². The third kappa shape index (κ3) is 1.75. The van der Waals surface area contributed by atoms with Gasteiger partial charge in [0.05, 0.1) is 22.3 Å². The first-order valence-corrected chi connectivity index (χ1v) is 6.65. The molecule has 2 rings (SSSR count). The van der Waals surface area contributed by atoms with Crippen LogP contribution in [-0.4, -0.2) is 30.9 Å². The molecule has 0 aromatic heterocycles. The number of aryl methyl sites for hydroxylation is 1. The molecule has 1 aliphatic rings. The van der Waals surface area contributed by atoms with Gasteiger partial charge in [-0.3, -0.25) is 0 Å². The van der Waals surface area contributed by atoms with E-state index in [2.05, 4.69) is 0 Å². The summed E-state index contributed by atoms with van der Waals surface area (Å²) in [4.78, 5) is 0.281. The third-order valence-electron chi connectivity index (χ3n) is 3.07. The van der Waals surface area contributed by atoms with Crippen molar-refractivity contribution < 1.29 is 13.5 Å². The average molecular weight is 241 g/mol. The molecule has 0 spiro atoms. The van der Waals surface area contributed by atoms with Crippen molar-refractivity contribution in [3.8, 4) is 0 Å². The van der Waals surface area contributed by atoms with Crippen LogP contribution in [0.25, 0.3) is 0 Å². The second-order valence-electron chi connectivity index (χ2n) is 4.44. The Bertz CT molecular complexity index is 494. The summed E-state index contributed by atoms with van der Waals surface area (Å²) < 4.78 is 24.2. The number of rotatable bonds is 3. The Morgan fingerprint density at radius 1 is 1.44 bits per heavy atom. The Labute approximate surface area is 95.0 Å². The highest BCUT2D eigenvalue weighted by Gasteiger charge is 2.58. The number of hydrogen-bond donors (Lipinski definition) is 2. The Morgan fingerprint density at radius 3 is 2.44 bits per heavy atom. The van der Waals surface area contributed by atoms with E-state index in [1.165, 1.54) is 0 Å². The van der Waals surface area contributed by atoms with Gasteiger partial charge in [-0.15, -0.1) is 0 Å². The number of aliphatic hydroxyl groups excluding tert-OH is 1. The second kappa shape index (κ2) is 3.55. The van der Waals surface area contributed by atoms with Crippen LogP contribution >= 0.6 is 0 Å². The van der Waals surface area contributed by atoms with Crippen molar-refractivity contribution in [3.63, 3.8) is 0 Å². The van der Waals surface area contributed by atoms with Crippen LogP contribution in [0.5, 0.6) is 0 Å². The van der Waals surface area contributed by atoms with Gasteiger partial charge in [-0.2, -0.15) is 0 Å². The van der Waals surface area contributed by atoms with E-state index in [1.54, 1.807) is 24.3 Å². The summed E-state index contributed by atoms with van der Waals surface area (Å²) in [6.45, 7) is 1.61. The van der Waals surface area contributed by atoms with Gasteiger partial charge in [0.1, 0.15) is 0 Å². The fourth-order valence-corrected chi connectivity index (χ4v) is 3.83. The number of nitrogens with two attached hydrogens (primary N) is 1. The molecule has 0 bridgehead atoms. The van der Waals surface area contributed by atoms with Crippen molar-refractivity contribution in [3.05, 3.63) is 29.8 Å². The molecule has 16 heavy (non-hydrogen) atoms. The lowest BCUT2D eigenvalue weighted by molar-refractivity contribution is 0.257. The van der Waals surface area contributed by atoms with Gasteiger partial charge >= 0.3 is 0 Å². The van der Waals surface area contributed by atoms with Gasteiger partial charge in [-0.05, 0) is 25.5 Å². The summed E-state index contributed by atoms with van der Waals surface area (Å²) in [5.74, 6) is 0. The highest BCUT2D eigenvalue weighted by Crippen LogP contribution is 2.42. The Kier molecular flexibility index (Phi) is 2.57. The second-order valence-corrected chi connectivity index (χ2v) is 6.57. The normalized spacial score (nSPS) is 29.1. The van der Waals surface area contributed by atoms with Crippen molar-refractivity contribution in [1.29, 1.82) is 0 Å². The standard InChI is InChI=1S/C11H15NO3S/c1-8-2-4-9(5-3-8)16(14,15)10-6-11(10,12)7-13/h2-5,10,13H,6-7,12H2,1H3/t10-,11-/m1/s1. The molecule has 5 heteroatoms. The molecule has 0 heterocycles. The first-order chi connectivity index (χ1) is 7.40. The minimum absolute atomic E-state index is 0.281. The number of sulfone groups is 1. The van der Waals surface area contributed by atoms with E-state index in [9.17, 15) is 8.42 Å². The van der Waals surface area contributed by atoms with Gasteiger partial charge in [-0.25, -0.2) is 8.42 Å². The third-order valence-corrected chi connectivity index (χ3v) is 5.38. The summed E-state index contributed by atoms with van der Waals surface area (Å²) in [7, 11) is -3.39. The smallest absolute Gasteiger partial charge is 0.183 e. The van der Waals surface area contributed by atoms with Crippen LogP contribution in [0.15, 0.2) is 29.2 Å². The predicted octanol–water partition coefficient (Wildman–Crippen LogP) is 0.231. The van der Waals surface area contributed by atoms with Gasteiger partial charge in [0, 0.05) is 0 Å². The summed E-state index contributed by atoms with van der Waals surface area (Å²) in [6.07, 6.45) is 0.333. The van der Waals surface area contributed by atoms with Gasteiger partial charge in [0.25, 0.3) is 0 Å². The fourth-order valence-electron chi connectivity index (χ4n) is 1.76. The van der Waals surface area contributed by atoms with E-state index in [0.717, 1.165) is 5.56 Å². The first kappa shape index (κ1) is 11.6. The molecule has 88 valence electrons. The number of benzene rings is 1. The summed E-state index contributed by atoms with van der Waals surface area (Å²) >= 11 is 0. The lowest BCUT2D eigenvalue weighted by Crippen LogP contribution is -2.34. The minimum atomic E-state index is -3.39. The molecule has 0 amide bonds. The summed E-state index contributed by atoms with van der Waals surface area (Å²) in [5.41, 5.74) is 5.78. The van der Waals surface area contributed by atoms with Crippen molar-refractivity contribution in [1.82, 2.24) is 0 Å². The predicted molar refractivity (Wildman–Crippen MR) is 60.8 cm³/mol. The van der Waals surface area contributed by atoms with E-state index in [-0.39, 0.29) is 11.5 Å². The largest absolute Gasteiger partial charge is 0.394 e. The van der Waals surface area contributed by atoms with E-state index in [0.29, 0.717) is 6.42 Å². The van der Waals surface area contributed by atoms with Crippen LogP contribution in [0.1, 0.15) is 12.0 Å². The highest BCUT2D eigenvalue weighted by atomic mass is 32.2. The minimum Gasteiger partial charge on any atom is -0.394 e. The molecule has 0 radical (unpaired) electrons. The molecule has 0 unspecified atom stereocenters. The van der Waals surface area contributed by atoms with Gasteiger partial charge in [0.2, 0.25) is 0 Å². The Morgan fingerprint density at radius 2 is 2.00 bits per heavy atom. The molecular weight excluding hydrogens is 226 g/mol. The molecule has 0 aliphatic heterocycles. The summed E-state index contributed by atoms with van der Waals surface area (Å²) in [5, 5.41) is 8.35. The number of aliphatic hydroxyl groups is 1. The van der Waals surface area contributed by atoms with E-state index in [4.69, 9.17) is 10.8 Å². The van der Waals surface area contributed by atoms with Crippen molar-refractivity contribution in [2.45, 2.75) is 29.0 Å². The highest BCUT2D eigenvalue weighted by molar-refractivity contribution is 7.92. The molecule has 1 saturated carbocycles. The molecule has 1 aromatic carbocycles. The topological polar surface area (TPSA) is 80.4 Å². The zero-order chi connectivity index (χ0) is 12.0. The molecule has 1 aromatic rings. The zero-order valence-electron chi connectivity index (χ0n) is 9.05. The lowest BCUT2D eigenvalue weighted by Gasteiger charge is -2.08. The molecule has 0 saturated heterocycles. The van der Waals surface area contributed by atoms with Gasteiger partial charge < -0.3 is 10.8 Å². The van der Waals surface area contributed by atoms with Crippen molar-refractivity contribution >= 4 is 9.84 Å². The quantitative estimate of drug-likeness (QED) is 0.794.